The number of hydrazone groups is 1. The number of nitrogens with two attached hydrogens (primary N) is 1. The van der Waals surface area contributed by atoms with E-state index < -0.39 is 0 Å². The van der Waals surface area contributed by atoms with Crippen LogP contribution in [0.2, 0.25) is 0 Å². The molecule has 0 aliphatic carbocycles. The van der Waals surface area contributed by atoms with Crippen molar-refractivity contribution in [2.24, 2.45) is 5.10 Å². The van der Waals surface area contributed by atoms with Gasteiger partial charge in [-0.05, 0) is 49.2 Å². The monoisotopic (exact) mass is 297 g/mol. The summed E-state index contributed by atoms with van der Waals surface area (Å²) in [6.07, 6.45) is 0. The van der Waals surface area contributed by atoms with Gasteiger partial charge in [-0.3, -0.25) is 4.79 Å². The quantitative estimate of drug-likeness (QED) is 0.506. The van der Waals surface area contributed by atoms with Crippen LogP contribution in [0.5, 0.6) is 5.75 Å². The van der Waals surface area contributed by atoms with Crippen molar-refractivity contribution in [1.29, 1.82) is 0 Å². The predicted octanol–water partition coefficient (Wildman–Crippen LogP) is 2.50. The molecule has 0 bridgehead atoms. The van der Waals surface area contributed by atoms with E-state index in [-0.39, 0.29) is 12.5 Å². The van der Waals surface area contributed by atoms with Crippen molar-refractivity contribution < 1.29 is 9.53 Å². The van der Waals surface area contributed by atoms with Gasteiger partial charge in [0.25, 0.3) is 5.91 Å². The average Bonchev–Trinajstić information content (AvgIpc) is 2.50. The summed E-state index contributed by atoms with van der Waals surface area (Å²) in [5, 5.41) is 4.05. The fraction of sp³-hybridized carbons (Fsp3) is 0.176. The number of aryl methyl sites for hydroxylation is 1. The summed E-state index contributed by atoms with van der Waals surface area (Å²) in [6, 6.07) is 14.8. The van der Waals surface area contributed by atoms with Gasteiger partial charge in [-0.25, -0.2) is 5.43 Å². The number of benzene rings is 2. The van der Waals surface area contributed by atoms with Gasteiger partial charge >= 0.3 is 0 Å². The van der Waals surface area contributed by atoms with Crippen molar-refractivity contribution >= 4 is 17.3 Å². The van der Waals surface area contributed by atoms with Gasteiger partial charge in [-0.1, -0.05) is 24.3 Å². The van der Waals surface area contributed by atoms with Gasteiger partial charge in [0.1, 0.15) is 5.75 Å². The highest BCUT2D eigenvalue weighted by molar-refractivity contribution is 5.99. The second-order valence-electron chi connectivity index (χ2n) is 4.96. The van der Waals surface area contributed by atoms with Crippen LogP contribution in [-0.4, -0.2) is 18.2 Å². The maximum atomic E-state index is 11.7. The minimum atomic E-state index is -0.315. The Morgan fingerprint density at radius 3 is 2.73 bits per heavy atom. The zero-order valence-corrected chi connectivity index (χ0v) is 12.7. The lowest BCUT2D eigenvalue weighted by Gasteiger charge is -2.06. The summed E-state index contributed by atoms with van der Waals surface area (Å²) >= 11 is 0. The molecular weight excluding hydrogens is 278 g/mol. The van der Waals surface area contributed by atoms with E-state index in [2.05, 4.69) is 10.5 Å². The Morgan fingerprint density at radius 1 is 1.23 bits per heavy atom. The molecule has 5 heteroatoms. The summed E-state index contributed by atoms with van der Waals surface area (Å²) in [4.78, 5) is 11.7. The molecular formula is C17H19N3O2. The number of nitrogens with one attached hydrogen (secondary N) is 1. The average molecular weight is 297 g/mol. The number of hydrogen-bond donors (Lipinski definition) is 2. The van der Waals surface area contributed by atoms with E-state index in [9.17, 15) is 4.79 Å². The molecule has 0 saturated carbocycles. The molecule has 5 nitrogen and oxygen atoms in total. The van der Waals surface area contributed by atoms with Crippen LogP contribution < -0.4 is 15.9 Å². The third kappa shape index (κ3) is 4.63. The topological polar surface area (TPSA) is 76.7 Å². The molecule has 0 aliphatic rings. The van der Waals surface area contributed by atoms with E-state index in [4.69, 9.17) is 10.5 Å². The van der Waals surface area contributed by atoms with Gasteiger partial charge in [0.15, 0.2) is 6.61 Å². The van der Waals surface area contributed by atoms with Crippen LogP contribution in [0.3, 0.4) is 0 Å². The molecule has 114 valence electrons. The van der Waals surface area contributed by atoms with E-state index in [0.29, 0.717) is 17.1 Å². The second-order valence-corrected chi connectivity index (χ2v) is 4.96. The van der Waals surface area contributed by atoms with Gasteiger partial charge in [0.05, 0.1) is 5.71 Å². The fourth-order valence-corrected chi connectivity index (χ4v) is 1.86. The van der Waals surface area contributed by atoms with E-state index in [1.54, 1.807) is 19.1 Å². The van der Waals surface area contributed by atoms with E-state index in [0.717, 1.165) is 11.1 Å². The van der Waals surface area contributed by atoms with Gasteiger partial charge in [-0.15, -0.1) is 0 Å². The Labute approximate surface area is 129 Å². The van der Waals surface area contributed by atoms with Crippen LogP contribution in [0, 0.1) is 6.92 Å². The zero-order chi connectivity index (χ0) is 15.9. The number of amides is 1. The lowest BCUT2D eigenvalue weighted by atomic mass is 10.1. The number of nitrogens with zero attached hydrogens (tertiary/aromatic N) is 1. The molecule has 22 heavy (non-hydrogen) atoms. The molecule has 0 aliphatic heterocycles. The SMILES string of the molecule is C/C(=N/NC(=O)COc1cccc(C)c1)c1cccc(N)c1. The summed E-state index contributed by atoms with van der Waals surface area (Å²) in [5.41, 5.74) is 11.5. The highest BCUT2D eigenvalue weighted by Gasteiger charge is 2.03. The van der Waals surface area contributed by atoms with Crippen molar-refractivity contribution in [1.82, 2.24) is 5.43 Å². The Kier molecular flexibility index (Phi) is 5.14. The Bertz CT molecular complexity index is 696. The molecule has 0 radical (unpaired) electrons. The number of nitrogen functional groups attached to an aromatic ring is 1. The molecule has 0 spiro atoms. The maximum Gasteiger partial charge on any atom is 0.277 e. The first-order valence-electron chi connectivity index (χ1n) is 6.93. The van der Waals surface area contributed by atoms with Crippen LogP contribution in [0.1, 0.15) is 18.1 Å². The van der Waals surface area contributed by atoms with Gasteiger partial charge in [-0.2, -0.15) is 5.10 Å². The third-order valence-corrected chi connectivity index (χ3v) is 3.01. The van der Waals surface area contributed by atoms with Crippen molar-refractivity contribution in [3.8, 4) is 5.75 Å². The molecule has 0 saturated heterocycles. The largest absolute Gasteiger partial charge is 0.484 e. The molecule has 2 aromatic carbocycles. The highest BCUT2D eigenvalue weighted by Crippen LogP contribution is 2.12. The fourth-order valence-electron chi connectivity index (χ4n) is 1.86. The van der Waals surface area contributed by atoms with Crippen molar-refractivity contribution in [3.05, 3.63) is 59.7 Å². The van der Waals surface area contributed by atoms with Crippen LogP contribution in [-0.2, 0) is 4.79 Å². The summed E-state index contributed by atoms with van der Waals surface area (Å²) in [6.45, 7) is 3.68. The molecule has 0 heterocycles. The van der Waals surface area contributed by atoms with Gasteiger partial charge < -0.3 is 10.5 Å². The smallest absolute Gasteiger partial charge is 0.277 e. The standard InChI is InChI=1S/C17H19N3O2/c1-12-5-3-8-16(9-12)22-11-17(21)20-19-13(2)14-6-4-7-15(18)10-14/h3-10H,11,18H2,1-2H3,(H,20,21)/b19-13-. The summed E-state index contributed by atoms with van der Waals surface area (Å²) in [5.74, 6) is 0.344. The molecule has 0 unspecified atom stereocenters. The van der Waals surface area contributed by atoms with Crippen LogP contribution in [0.15, 0.2) is 53.6 Å². The number of ether oxygens (including phenoxy) is 1. The van der Waals surface area contributed by atoms with E-state index >= 15 is 0 Å². The van der Waals surface area contributed by atoms with Gasteiger partial charge in [0.2, 0.25) is 0 Å². The minimum absolute atomic E-state index is 0.0861. The number of carbonyl (C=O) groups is 1. The Morgan fingerprint density at radius 2 is 2.00 bits per heavy atom. The van der Waals surface area contributed by atoms with Crippen molar-refractivity contribution in [2.75, 3.05) is 12.3 Å². The molecule has 0 fully saturated rings. The summed E-state index contributed by atoms with van der Waals surface area (Å²) < 4.78 is 5.40. The van der Waals surface area contributed by atoms with E-state index in [1.807, 2.05) is 43.3 Å². The molecule has 2 rings (SSSR count). The normalized spacial score (nSPS) is 11.1. The lowest BCUT2D eigenvalue weighted by Crippen LogP contribution is -2.25. The maximum absolute atomic E-state index is 11.7. The zero-order valence-electron chi connectivity index (χ0n) is 12.7. The first-order chi connectivity index (χ1) is 10.5. The van der Waals surface area contributed by atoms with Crippen molar-refractivity contribution in [2.45, 2.75) is 13.8 Å². The number of rotatable bonds is 5. The van der Waals surface area contributed by atoms with Crippen LogP contribution in [0.25, 0.3) is 0 Å². The lowest BCUT2D eigenvalue weighted by molar-refractivity contribution is -0.123. The molecule has 1 amide bonds. The first kappa shape index (κ1) is 15.6. The molecule has 0 atom stereocenters. The predicted molar refractivity (Wildman–Crippen MR) is 87.9 cm³/mol. The van der Waals surface area contributed by atoms with Crippen LogP contribution >= 0.6 is 0 Å². The van der Waals surface area contributed by atoms with Crippen LogP contribution in [0.4, 0.5) is 5.69 Å². The molecule has 2 aromatic rings. The minimum Gasteiger partial charge on any atom is -0.484 e. The van der Waals surface area contributed by atoms with Crippen molar-refractivity contribution in [3.63, 3.8) is 0 Å². The first-order valence-corrected chi connectivity index (χ1v) is 6.93. The molecule has 3 N–H and O–H groups in total. The Balaban J connectivity index is 1.88. The highest BCUT2D eigenvalue weighted by atomic mass is 16.5. The van der Waals surface area contributed by atoms with Gasteiger partial charge in [0, 0.05) is 5.69 Å². The molecule has 0 aromatic heterocycles. The van der Waals surface area contributed by atoms with E-state index in [1.165, 1.54) is 0 Å². The number of anilines is 1. The number of hydrogen-bond acceptors (Lipinski definition) is 4. The summed E-state index contributed by atoms with van der Waals surface area (Å²) in [7, 11) is 0. The number of carbonyl (C=O) groups excluding carboxylic acids is 1. The second kappa shape index (κ2) is 7.26. The Hall–Kier alpha value is -2.82. The third-order valence-electron chi connectivity index (χ3n) is 3.01.